The number of ether oxygens (including phenoxy) is 1. The number of unbranched alkanes of at least 4 members (excludes halogenated alkanes) is 1. The van der Waals surface area contributed by atoms with Crippen LogP contribution in [0.25, 0.3) is 0 Å². The molecule has 0 fully saturated rings. The standard InChI is InChI=1S/C19H22O3/c1-3-5-6-14-16(21)8-10-18-19(14)13(4-2)15-11-12(20)7-9-17(15)22-18/h7-11,13,20-21H,3-6H2,1-2H3. The molecule has 0 aliphatic carbocycles. The first-order chi connectivity index (χ1) is 10.7. The molecule has 0 bridgehead atoms. The van der Waals surface area contributed by atoms with E-state index >= 15 is 0 Å². The fourth-order valence-electron chi connectivity index (χ4n) is 3.32. The Morgan fingerprint density at radius 2 is 1.82 bits per heavy atom. The number of rotatable bonds is 4. The highest BCUT2D eigenvalue weighted by Gasteiger charge is 2.29. The van der Waals surface area contributed by atoms with E-state index in [9.17, 15) is 10.2 Å². The second-order valence-electron chi connectivity index (χ2n) is 5.86. The average Bonchev–Trinajstić information content (AvgIpc) is 2.52. The lowest BCUT2D eigenvalue weighted by atomic mass is 9.82. The van der Waals surface area contributed by atoms with Crippen molar-refractivity contribution in [2.24, 2.45) is 0 Å². The zero-order valence-electron chi connectivity index (χ0n) is 13.1. The smallest absolute Gasteiger partial charge is 0.131 e. The van der Waals surface area contributed by atoms with Crippen LogP contribution < -0.4 is 4.74 Å². The molecule has 1 atom stereocenters. The van der Waals surface area contributed by atoms with Crippen LogP contribution in [0.2, 0.25) is 0 Å². The SMILES string of the molecule is CCCCc1c(O)ccc2c1C(CC)c1cc(O)ccc1O2. The summed E-state index contributed by atoms with van der Waals surface area (Å²) in [5.74, 6) is 2.36. The van der Waals surface area contributed by atoms with Gasteiger partial charge < -0.3 is 14.9 Å². The number of aromatic hydroxyl groups is 2. The second-order valence-corrected chi connectivity index (χ2v) is 5.86. The Labute approximate surface area is 131 Å². The summed E-state index contributed by atoms with van der Waals surface area (Å²) in [7, 11) is 0. The van der Waals surface area contributed by atoms with E-state index in [1.165, 1.54) is 0 Å². The molecule has 3 rings (SSSR count). The number of phenolic OH excluding ortho intramolecular Hbond substituents is 2. The van der Waals surface area contributed by atoms with E-state index in [4.69, 9.17) is 4.74 Å². The highest BCUT2D eigenvalue weighted by Crippen LogP contribution is 2.49. The molecule has 2 aromatic carbocycles. The number of hydrogen-bond acceptors (Lipinski definition) is 3. The van der Waals surface area contributed by atoms with Gasteiger partial charge in [0.1, 0.15) is 23.0 Å². The molecular weight excluding hydrogens is 276 g/mol. The normalized spacial score (nSPS) is 15.8. The van der Waals surface area contributed by atoms with Crippen LogP contribution in [0.1, 0.15) is 55.7 Å². The van der Waals surface area contributed by atoms with Gasteiger partial charge in [-0.1, -0.05) is 20.3 Å². The summed E-state index contributed by atoms with van der Waals surface area (Å²) < 4.78 is 6.02. The molecule has 116 valence electrons. The minimum atomic E-state index is 0.143. The summed E-state index contributed by atoms with van der Waals surface area (Å²) in [6.07, 6.45) is 3.86. The zero-order valence-corrected chi connectivity index (χ0v) is 13.1. The van der Waals surface area contributed by atoms with Crippen LogP contribution in [-0.4, -0.2) is 10.2 Å². The van der Waals surface area contributed by atoms with Gasteiger partial charge in [-0.15, -0.1) is 0 Å². The number of phenols is 2. The van der Waals surface area contributed by atoms with Crippen LogP contribution >= 0.6 is 0 Å². The van der Waals surface area contributed by atoms with Crippen molar-refractivity contribution in [3.8, 4) is 23.0 Å². The van der Waals surface area contributed by atoms with Crippen molar-refractivity contribution in [1.29, 1.82) is 0 Å². The first-order valence-electron chi connectivity index (χ1n) is 8.01. The highest BCUT2D eigenvalue weighted by molar-refractivity contribution is 5.60. The molecule has 0 radical (unpaired) electrons. The quantitative estimate of drug-likeness (QED) is 0.826. The molecule has 1 heterocycles. The predicted octanol–water partition coefficient (Wildman–Crippen LogP) is 5.09. The van der Waals surface area contributed by atoms with Crippen LogP contribution in [0.15, 0.2) is 30.3 Å². The third kappa shape index (κ3) is 2.41. The molecule has 0 amide bonds. The molecular formula is C19H22O3. The maximum Gasteiger partial charge on any atom is 0.131 e. The van der Waals surface area contributed by atoms with Crippen LogP contribution in [0.5, 0.6) is 23.0 Å². The first-order valence-corrected chi connectivity index (χ1v) is 8.01. The second kappa shape index (κ2) is 5.91. The van der Waals surface area contributed by atoms with Gasteiger partial charge in [0.15, 0.2) is 0 Å². The minimum absolute atomic E-state index is 0.143. The van der Waals surface area contributed by atoms with E-state index < -0.39 is 0 Å². The Hall–Kier alpha value is -2.16. The predicted molar refractivity (Wildman–Crippen MR) is 87.0 cm³/mol. The number of fused-ring (bicyclic) bond motifs is 2. The minimum Gasteiger partial charge on any atom is -0.508 e. The van der Waals surface area contributed by atoms with E-state index in [1.807, 2.05) is 12.1 Å². The number of hydrogen-bond donors (Lipinski definition) is 2. The van der Waals surface area contributed by atoms with Gasteiger partial charge in [-0.3, -0.25) is 0 Å². The Morgan fingerprint density at radius 3 is 2.55 bits per heavy atom. The third-order valence-electron chi connectivity index (χ3n) is 4.42. The topological polar surface area (TPSA) is 49.7 Å². The van der Waals surface area contributed by atoms with Crippen molar-refractivity contribution < 1.29 is 14.9 Å². The maximum atomic E-state index is 10.3. The molecule has 3 heteroatoms. The monoisotopic (exact) mass is 298 g/mol. The lowest BCUT2D eigenvalue weighted by Crippen LogP contribution is -2.12. The van der Waals surface area contributed by atoms with Crippen molar-refractivity contribution in [3.63, 3.8) is 0 Å². The van der Waals surface area contributed by atoms with E-state index in [-0.39, 0.29) is 11.7 Å². The van der Waals surface area contributed by atoms with Crippen molar-refractivity contribution in [2.75, 3.05) is 0 Å². The van der Waals surface area contributed by atoms with Gasteiger partial charge in [-0.2, -0.15) is 0 Å². The molecule has 0 saturated carbocycles. The molecule has 1 unspecified atom stereocenters. The molecule has 2 N–H and O–H groups in total. The summed E-state index contributed by atoms with van der Waals surface area (Å²) in [6.45, 7) is 4.27. The fourth-order valence-corrected chi connectivity index (χ4v) is 3.32. The number of benzene rings is 2. The van der Waals surface area contributed by atoms with E-state index in [1.54, 1.807) is 18.2 Å². The average molecular weight is 298 g/mol. The Balaban J connectivity index is 2.15. The Morgan fingerprint density at radius 1 is 1.05 bits per heavy atom. The van der Waals surface area contributed by atoms with Gasteiger partial charge >= 0.3 is 0 Å². The summed E-state index contributed by atoms with van der Waals surface area (Å²) in [5, 5.41) is 20.1. The first kappa shape index (κ1) is 14.8. The highest BCUT2D eigenvalue weighted by atomic mass is 16.5. The van der Waals surface area contributed by atoms with Gasteiger partial charge in [0, 0.05) is 22.6 Å². The van der Waals surface area contributed by atoms with E-state index in [0.717, 1.165) is 53.9 Å². The molecule has 1 aliphatic rings. The van der Waals surface area contributed by atoms with E-state index in [0.29, 0.717) is 5.75 Å². The van der Waals surface area contributed by atoms with Gasteiger partial charge in [0.25, 0.3) is 0 Å². The Bertz CT molecular complexity index is 691. The van der Waals surface area contributed by atoms with Crippen LogP contribution in [0.4, 0.5) is 0 Å². The van der Waals surface area contributed by atoms with Gasteiger partial charge in [0.2, 0.25) is 0 Å². The lowest BCUT2D eigenvalue weighted by Gasteiger charge is -2.30. The summed E-state index contributed by atoms with van der Waals surface area (Å²) in [4.78, 5) is 0. The van der Waals surface area contributed by atoms with Crippen LogP contribution in [-0.2, 0) is 6.42 Å². The van der Waals surface area contributed by atoms with Crippen molar-refractivity contribution in [2.45, 2.75) is 45.4 Å². The lowest BCUT2D eigenvalue weighted by molar-refractivity contribution is 0.424. The summed E-state index contributed by atoms with van der Waals surface area (Å²) in [6, 6.07) is 8.81. The third-order valence-corrected chi connectivity index (χ3v) is 4.42. The molecule has 0 aromatic heterocycles. The fraction of sp³-hybridized carbons (Fsp3) is 0.368. The van der Waals surface area contributed by atoms with Crippen LogP contribution in [0.3, 0.4) is 0 Å². The molecule has 0 spiro atoms. The molecule has 22 heavy (non-hydrogen) atoms. The van der Waals surface area contributed by atoms with Crippen molar-refractivity contribution >= 4 is 0 Å². The van der Waals surface area contributed by atoms with Gasteiger partial charge in [-0.05, 0) is 49.6 Å². The van der Waals surface area contributed by atoms with E-state index in [2.05, 4.69) is 13.8 Å². The summed E-state index contributed by atoms with van der Waals surface area (Å²) >= 11 is 0. The van der Waals surface area contributed by atoms with Crippen LogP contribution in [0, 0.1) is 0 Å². The maximum absolute atomic E-state index is 10.3. The molecule has 2 aromatic rings. The molecule has 0 saturated heterocycles. The van der Waals surface area contributed by atoms with Gasteiger partial charge in [0.05, 0.1) is 0 Å². The van der Waals surface area contributed by atoms with Crippen molar-refractivity contribution in [1.82, 2.24) is 0 Å². The molecule has 3 nitrogen and oxygen atoms in total. The van der Waals surface area contributed by atoms with Crippen molar-refractivity contribution in [3.05, 3.63) is 47.0 Å². The summed E-state index contributed by atoms with van der Waals surface area (Å²) in [5.41, 5.74) is 3.06. The molecule has 1 aliphatic heterocycles. The largest absolute Gasteiger partial charge is 0.508 e. The van der Waals surface area contributed by atoms with Gasteiger partial charge in [-0.25, -0.2) is 0 Å². The zero-order chi connectivity index (χ0) is 15.7. The Kier molecular flexibility index (Phi) is 3.97.